The van der Waals surface area contributed by atoms with E-state index in [9.17, 15) is 18.0 Å². The third kappa shape index (κ3) is 7.13. The number of anilines is 1. The van der Waals surface area contributed by atoms with Crippen LogP contribution < -0.4 is 14.4 Å². The highest BCUT2D eigenvalue weighted by atomic mass is 32.2. The second-order valence-electron chi connectivity index (χ2n) is 9.37. The summed E-state index contributed by atoms with van der Waals surface area (Å²) in [5.41, 5.74) is 1.99. The van der Waals surface area contributed by atoms with Crippen LogP contribution in [0.5, 0.6) is 5.75 Å². The quantitative estimate of drug-likeness (QED) is 0.397. The van der Waals surface area contributed by atoms with Crippen molar-refractivity contribution >= 4 is 27.5 Å². The van der Waals surface area contributed by atoms with Crippen LogP contribution in [0.15, 0.2) is 83.8 Å². The van der Waals surface area contributed by atoms with Gasteiger partial charge in [0.15, 0.2) is 0 Å². The van der Waals surface area contributed by atoms with Gasteiger partial charge in [-0.1, -0.05) is 42.5 Å². The number of carbonyl (C=O) groups is 2. The summed E-state index contributed by atoms with van der Waals surface area (Å²) in [6.45, 7) is 6.81. The van der Waals surface area contributed by atoms with Crippen molar-refractivity contribution in [3.05, 3.63) is 90.0 Å². The molecule has 0 aromatic heterocycles. The molecule has 0 aliphatic carbocycles. The van der Waals surface area contributed by atoms with Gasteiger partial charge in [0, 0.05) is 12.6 Å². The number of sulfonamides is 1. The topological polar surface area (TPSA) is 96.0 Å². The molecule has 8 nitrogen and oxygen atoms in total. The molecule has 0 bridgehead atoms. The molecular formula is C29H35N3O5S. The zero-order chi connectivity index (χ0) is 27.9. The summed E-state index contributed by atoms with van der Waals surface area (Å²) in [4.78, 5) is 28.3. The molecule has 0 radical (unpaired) electrons. The predicted octanol–water partition coefficient (Wildman–Crippen LogP) is 4.14. The number of nitrogens with one attached hydrogen (secondary N) is 1. The van der Waals surface area contributed by atoms with E-state index in [1.165, 1.54) is 17.0 Å². The Hall–Kier alpha value is -3.85. The summed E-state index contributed by atoms with van der Waals surface area (Å²) in [6.07, 6.45) is 0. The number of carbonyl (C=O) groups excluding carboxylic acids is 2. The Morgan fingerprint density at radius 1 is 0.921 bits per heavy atom. The molecule has 0 saturated carbocycles. The van der Waals surface area contributed by atoms with Crippen LogP contribution in [0.1, 0.15) is 31.9 Å². The lowest BCUT2D eigenvalue weighted by atomic mass is 10.1. The van der Waals surface area contributed by atoms with Gasteiger partial charge < -0.3 is 15.0 Å². The van der Waals surface area contributed by atoms with E-state index in [1.807, 2.05) is 39.0 Å². The SMILES string of the molecule is COc1ccc(CN(C(=O)CN(c2cccc(C)c2)S(=O)(=O)c2ccccc2)[C@@H](C)C(=O)NC(C)C)cc1. The van der Waals surface area contributed by atoms with Gasteiger partial charge in [-0.3, -0.25) is 13.9 Å². The Kier molecular flexibility index (Phi) is 9.52. The van der Waals surface area contributed by atoms with Crippen LogP contribution in [0.25, 0.3) is 0 Å². The third-order valence-electron chi connectivity index (χ3n) is 6.01. The van der Waals surface area contributed by atoms with Crippen LogP contribution >= 0.6 is 0 Å². The van der Waals surface area contributed by atoms with Gasteiger partial charge in [0.05, 0.1) is 17.7 Å². The van der Waals surface area contributed by atoms with E-state index in [1.54, 1.807) is 62.6 Å². The molecule has 1 N–H and O–H groups in total. The molecule has 0 aliphatic heterocycles. The number of nitrogens with zero attached hydrogens (tertiary/aromatic N) is 2. The minimum Gasteiger partial charge on any atom is -0.497 e. The summed E-state index contributed by atoms with van der Waals surface area (Å²) in [5.74, 6) is -0.167. The average molecular weight is 538 g/mol. The van der Waals surface area contributed by atoms with E-state index >= 15 is 0 Å². The Bertz CT molecular complexity index is 1340. The van der Waals surface area contributed by atoms with Crippen LogP contribution in [-0.2, 0) is 26.2 Å². The molecule has 0 saturated heterocycles. The highest BCUT2D eigenvalue weighted by Crippen LogP contribution is 2.25. The number of methoxy groups -OCH3 is 1. The molecule has 2 amide bonds. The normalized spacial score (nSPS) is 12.1. The molecule has 0 fully saturated rings. The second kappa shape index (κ2) is 12.6. The smallest absolute Gasteiger partial charge is 0.264 e. The Labute approximate surface area is 225 Å². The summed E-state index contributed by atoms with van der Waals surface area (Å²) in [5, 5.41) is 2.85. The first-order valence-electron chi connectivity index (χ1n) is 12.4. The fourth-order valence-corrected chi connectivity index (χ4v) is 5.37. The molecule has 0 spiro atoms. The van der Waals surface area contributed by atoms with E-state index in [0.29, 0.717) is 11.4 Å². The molecule has 0 unspecified atom stereocenters. The van der Waals surface area contributed by atoms with Crippen LogP contribution in [0, 0.1) is 6.92 Å². The lowest BCUT2D eigenvalue weighted by Gasteiger charge is -2.32. The maximum Gasteiger partial charge on any atom is 0.264 e. The number of amides is 2. The first kappa shape index (κ1) is 28.7. The number of benzene rings is 3. The van der Waals surface area contributed by atoms with Crippen molar-refractivity contribution in [1.29, 1.82) is 0 Å². The Morgan fingerprint density at radius 3 is 2.16 bits per heavy atom. The van der Waals surface area contributed by atoms with Crippen LogP contribution in [-0.4, -0.2) is 50.9 Å². The van der Waals surface area contributed by atoms with E-state index < -0.39 is 28.5 Å². The molecule has 3 aromatic rings. The summed E-state index contributed by atoms with van der Waals surface area (Å²) in [6, 6.07) is 21.2. The molecule has 1 atom stereocenters. The number of rotatable bonds is 11. The summed E-state index contributed by atoms with van der Waals surface area (Å²) in [7, 11) is -2.51. The number of hydrogen-bond acceptors (Lipinski definition) is 5. The standard InChI is InChI=1S/C29H35N3O5S/c1-21(2)30-29(34)23(4)31(19-24-14-16-26(37-5)17-15-24)28(33)20-32(25-11-9-10-22(3)18-25)38(35,36)27-12-7-6-8-13-27/h6-18,21,23H,19-20H2,1-5H3,(H,30,34)/t23-/m0/s1. The first-order chi connectivity index (χ1) is 18.0. The zero-order valence-corrected chi connectivity index (χ0v) is 23.2. The minimum atomic E-state index is -4.08. The first-order valence-corrected chi connectivity index (χ1v) is 13.8. The van der Waals surface area contributed by atoms with Crippen molar-refractivity contribution in [3.63, 3.8) is 0 Å². The van der Waals surface area contributed by atoms with Gasteiger partial charge in [-0.05, 0) is 75.2 Å². The second-order valence-corrected chi connectivity index (χ2v) is 11.2. The monoisotopic (exact) mass is 537 g/mol. The average Bonchev–Trinajstić information content (AvgIpc) is 2.90. The molecule has 3 rings (SSSR count). The number of hydrogen-bond donors (Lipinski definition) is 1. The summed E-state index contributed by atoms with van der Waals surface area (Å²) < 4.78 is 33.8. The summed E-state index contributed by atoms with van der Waals surface area (Å²) >= 11 is 0. The van der Waals surface area contributed by atoms with Gasteiger partial charge in [-0.2, -0.15) is 0 Å². The van der Waals surface area contributed by atoms with Crippen molar-refractivity contribution in [3.8, 4) is 5.75 Å². The fourth-order valence-electron chi connectivity index (χ4n) is 3.95. The van der Waals surface area contributed by atoms with Crippen molar-refractivity contribution in [1.82, 2.24) is 10.2 Å². The molecule has 3 aromatic carbocycles. The van der Waals surface area contributed by atoms with Crippen LogP contribution in [0.4, 0.5) is 5.69 Å². The van der Waals surface area contributed by atoms with Crippen molar-refractivity contribution in [2.75, 3.05) is 18.0 Å². The Balaban J connectivity index is 2.01. The molecule has 0 heterocycles. The van der Waals surface area contributed by atoms with E-state index in [0.717, 1.165) is 15.4 Å². The van der Waals surface area contributed by atoms with Crippen molar-refractivity contribution < 1.29 is 22.7 Å². The zero-order valence-electron chi connectivity index (χ0n) is 22.4. The molecule has 202 valence electrons. The maximum absolute atomic E-state index is 13.9. The fraction of sp³-hybridized carbons (Fsp3) is 0.310. The van der Waals surface area contributed by atoms with Gasteiger partial charge in [0.25, 0.3) is 10.0 Å². The van der Waals surface area contributed by atoms with Crippen molar-refractivity contribution in [2.24, 2.45) is 0 Å². The molecule has 9 heteroatoms. The van der Waals surface area contributed by atoms with E-state index in [2.05, 4.69) is 5.32 Å². The largest absolute Gasteiger partial charge is 0.497 e. The van der Waals surface area contributed by atoms with E-state index in [-0.39, 0.29) is 23.4 Å². The van der Waals surface area contributed by atoms with Gasteiger partial charge >= 0.3 is 0 Å². The Morgan fingerprint density at radius 2 is 1.58 bits per heavy atom. The lowest BCUT2D eigenvalue weighted by molar-refractivity contribution is -0.139. The van der Waals surface area contributed by atoms with Crippen molar-refractivity contribution in [2.45, 2.75) is 51.2 Å². The highest BCUT2D eigenvalue weighted by Gasteiger charge is 2.32. The predicted molar refractivity (Wildman–Crippen MR) is 148 cm³/mol. The van der Waals surface area contributed by atoms with Gasteiger partial charge in [-0.15, -0.1) is 0 Å². The molecule has 38 heavy (non-hydrogen) atoms. The number of ether oxygens (including phenoxy) is 1. The molecule has 0 aliphatic rings. The van der Waals surface area contributed by atoms with E-state index in [4.69, 9.17) is 4.74 Å². The highest BCUT2D eigenvalue weighted by molar-refractivity contribution is 7.92. The minimum absolute atomic E-state index is 0.0709. The van der Waals surface area contributed by atoms with Crippen LogP contribution in [0.2, 0.25) is 0 Å². The lowest BCUT2D eigenvalue weighted by Crippen LogP contribution is -2.52. The van der Waals surface area contributed by atoms with Gasteiger partial charge in [0.1, 0.15) is 18.3 Å². The van der Waals surface area contributed by atoms with Gasteiger partial charge in [0.2, 0.25) is 11.8 Å². The number of aryl methyl sites for hydroxylation is 1. The maximum atomic E-state index is 13.9. The van der Waals surface area contributed by atoms with Crippen LogP contribution in [0.3, 0.4) is 0 Å². The van der Waals surface area contributed by atoms with Gasteiger partial charge in [-0.25, -0.2) is 8.42 Å². The third-order valence-corrected chi connectivity index (χ3v) is 7.80. The molecular weight excluding hydrogens is 502 g/mol.